The minimum atomic E-state index is 0.150. The molecule has 0 aliphatic carbocycles. The third-order valence-electron chi connectivity index (χ3n) is 3.81. The van der Waals surface area contributed by atoms with Crippen LogP contribution < -0.4 is 10.1 Å². The van der Waals surface area contributed by atoms with E-state index in [4.69, 9.17) is 4.74 Å². The third kappa shape index (κ3) is 3.64. The van der Waals surface area contributed by atoms with E-state index >= 15 is 0 Å². The van der Waals surface area contributed by atoms with Crippen molar-refractivity contribution in [1.82, 2.24) is 5.32 Å². The second kappa shape index (κ2) is 7.28. The second-order valence-corrected chi connectivity index (χ2v) is 5.46. The number of ether oxygens (including phenoxy) is 1. The Labute approximate surface area is 128 Å². The molecule has 0 radical (unpaired) electrons. The molecule has 2 aromatic rings. The van der Waals surface area contributed by atoms with Crippen LogP contribution in [0.2, 0.25) is 0 Å². The van der Waals surface area contributed by atoms with E-state index in [9.17, 15) is 0 Å². The summed E-state index contributed by atoms with van der Waals surface area (Å²) in [6, 6.07) is 15.4. The van der Waals surface area contributed by atoms with Gasteiger partial charge in [0, 0.05) is 5.56 Å². The largest absolute Gasteiger partial charge is 0.496 e. The van der Waals surface area contributed by atoms with Crippen LogP contribution in [0.1, 0.15) is 41.6 Å². The van der Waals surface area contributed by atoms with Gasteiger partial charge < -0.3 is 10.1 Å². The molecule has 2 nitrogen and oxygen atoms in total. The van der Waals surface area contributed by atoms with Crippen LogP contribution in [-0.4, -0.2) is 14.2 Å². The lowest BCUT2D eigenvalue weighted by atomic mass is 9.95. The highest BCUT2D eigenvalue weighted by molar-refractivity contribution is 5.44. The Balaban J connectivity index is 2.42. The van der Waals surface area contributed by atoms with Crippen LogP contribution in [0.15, 0.2) is 42.5 Å². The lowest BCUT2D eigenvalue weighted by Crippen LogP contribution is -2.18. The first-order valence-electron chi connectivity index (χ1n) is 7.60. The van der Waals surface area contributed by atoms with Crippen LogP contribution in [0.5, 0.6) is 5.75 Å². The first kappa shape index (κ1) is 15.6. The van der Waals surface area contributed by atoms with E-state index in [-0.39, 0.29) is 6.04 Å². The zero-order valence-electron chi connectivity index (χ0n) is 13.4. The summed E-state index contributed by atoms with van der Waals surface area (Å²) in [5.74, 6) is 0.940. The van der Waals surface area contributed by atoms with Crippen molar-refractivity contribution in [3.05, 3.63) is 64.7 Å². The van der Waals surface area contributed by atoms with Crippen molar-refractivity contribution in [3.63, 3.8) is 0 Å². The number of methoxy groups -OCH3 is 1. The van der Waals surface area contributed by atoms with Crippen molar-refractivity contribution in [2.45, 2.75) is 32.7 Å². The average Bonchev–Trinajstić information content (AvgIpc) is 2.50. The second-order valence-electron chi connectivity index (χ2n) is 5.46. The molecule has 0 amide bonds. The molecule has 2 aromatic carbocycles. The van der Waals surface area contributed by atoms with Gasteiger partial charge in [0.05, 0.1) is 13.2 Å². The number of aryl methyl sites for hydroxylation is 2. The highest BCUT2D eigenvalue weighted by Crippen LogP contribution is 2.31. The zero-order valence-corrected chi connectivity index (χ0v) is 13.4. The van der Waals surface area contributed by atoms with E-state index in [1.165, 1.54) is 28.7 Å². The highest BCUT2D eigenvalue weighted by atomic mass is 16.5. The van der Waals surface area contributed by atoms with Gasteiger partial charge in [-0.15, -0.1) is 0 Å². The van der Waals surface area contributed by atoms with Crippen LogP contribution in [0.4, 0.5) is 0 Å². The van der Waals surface area contributed by atoms with Gasteiger partial charge in [0.15, 0.2) is 0 Å². The van der Waals surface area contributed by atoms with Crippen LogP contribution in [0.3, 0.4) is 0 Å². The van der Waals surface area contributed by atoms with Crippen LogP contribution in [-0.2, 0) is 6.42 Å². The molecule has 2 heteroatoms. The summed E-state index contributed by atoms with van der Waals surface area (Å²) in [5, 5.41) is 3.42. The predicted molar refractivity (Wildman–Crippen MR) is 89.1 cm³/mol. The summed E-state index contributed by atoms with van der Waals surface area (Å²) in [7, 11) is 3.73. The molecule has 0 spiro atoms. The van der Waals surface area contributed by atoms with Gasteiger partial charge in [-0.05, 0) is 43.1 Å². The zero-order chi connectivity index (χ0) is 15.2. The van der Waals surface area contributed by atoms with E-state index in [0.29, 0.717) is 0 Å². The van der Waals surface area contributed by atoms with Gasteiger partial charge in [-0.2, -0.15) is 0 Å². The summed E-state index contributed by atoms with van der Waals surface area (Å²) in [6.07, 6.45) is 2.29. The quantitative estimate of drug-likeness (QED) is 0.855. The Morgan fingerprint density at radius 2 is 1.95 bits per heavy atom. The molecule has 0 aromatic heterocycles. The minimum absolute atomic E-state index is 0.150. The Hall–Kier alpha value is -1.80. The highest BCUT2D eigenvalue weighted by Gasteiger charge is 2.16. The number of nitrogens with one attached hydrogen (secondary N) is 1. The number of benzene rings is 2. The summed E-state index contributed by atoms with van der Waals surface area (Å²) in [4.78, 5) is 0. The Morgan fingerprint density at radius 3 is 2.62 bits per heavy atom. The van der Waals surface area contributed by atoms with E-state index in [0.717, 1.165) is 12.2 Å². The molecule has 1 atom stereocenters. The normalized spacial score (nSPS) is 12.2. The molecule has 0 aliphatic rings. The molecule has 112 valence electrons. The maximum atomic E-state index is 5.57. The molecule has 1 unspecified atom stereocenters. The van der Waals surface area contributed by atoms with Crippen molar-refractivity contribution < 1.29 is 4.74 Å². The van der Waals surface area contributed by atoms with E-state index in [2.05, 4.69) is 61.6 Å². The Morgan fingerprint density at radius 1 is 1.14 bits per heavy atom. The van der Waals surface area contributed by atoms with Crippen molar-refractivity contribution in [3.8, 4) is 5.75 Å². The van der Waals surface area contributed by atoms with Gasteiger partial charge in [0.2, 0.25) is 0 Å². The fourth-order valence-corrected chi connectivity index (χ4v) is 2.78. The monoisotopic (exact) mass is 283 g/mol. The van der Waals surface area contributed by atoms with Gasteiger partial charge >= 0.3 is 0 Å². The van der Waals surface area contributed by atoms with E-state index in [1.807, 2.05) is 7.05 Å². The van der Waals surface area contributed by atoms with E-state index in [1.54, 1.807) is 7.11 Å². The van der Waals surface area contributed by atoms with Crippen LogP contribution in [0.25, 0.3) is 0 Å². The molecule has 2 rings (SSSR count). The van der Waals surface area contributed by atoms with Crippen LogP contribution >= 0.6 is 0 Å². The van der Waals surface area contributed by atoms with Gasteiger partial charge in [-0.3, -0.25) is 0 Å². The molecule has 0 saturated carbocycles. The molecular formula is C19H25NO. The average molecular weight is 283 g/mol. The Bertz CT molecular complexity index is 592. The molecule has 0 aliphatic heterocycles. The van der Waals surface area contributed by atoms with Crippen LogP contribution in [0, 0.1) is 6.92 Å². The third-order valence-corrected chi connectivity index (χ3v) is 3.81. The molecule has 21 heavy (non-hydrogen) atoms. The lowest BCUT2D eigenvalue weighted by molar-refractivity contribution is 0.405. The molecule has 0 saturated heterocycles. The van der Waals surface area contributed by atoms with E-state index < -0.39 is 0 Å². The fraction of sp³-hybridized carbons (Fsp3) is 0.368. The van der Waals surface area contributed by atoms with Gasteiger partial charge in [-0.1, -0.05) is 49.7 Å². The molecule has 1 N–H and O–H groups in total. The lowest BCUT2D eigenvalue weighted by Gasteiger charge is -2.21. The van der Waals surface area contributed by atoms with Crippen molar-refractivity contribution in [1.29, 1.82) is 0 Å². The standard InChI is InChI=1S/C19H25NO/c1-5-7-15-8-6-9-16(13-15)19(20-3)17-11-10-14(2)12-18(17)21-4/h6,8-13,19-20H,5,7H2,1-4H3. The molecule has 0 bridgehead atoms. The minimum Gasteiger partial charge on any atom is -0.496 e. The van der Waals surface area contributed by atoms with Crippen molar-refractivity contribution >= 4 is 0 Å². The molecular weight excluding hydrogens is 258 g/mol. The fourth-order valence-electron chi connectivity index (χ4n) is 2.78. The predicted octanol–water partition coefficient (Wildman–Crippen LogP) is 4.26. The van der Waals surface area contributed by atoms with Crippen molar-refractivity contribution in [2.24, 2.45) is 0 Å². The summed E-state index contributed by atoms with van der Waals surface area (Å²) in [5.41, 5.74) is 5.07. The molecule has 0 heterocycles. The number of hydrogen-bond donors (Lipinski definition) is 1. The maximum Gasteiger partial charge on any atom is 0.124 e. The number of rotatable bonds is 6. The number of hydrogen-bond acceptors (Lipinski definition) is 2. The maximum absolute atomic E-state index is 5.57. The van der Waals surface area contributed by atoms with Gasteiger partial charge in [0.1, 0.15) is 5.75 Å². The first-order valence-corrected chi connectivity index (χ1v) is 7.60. The smallest absolute Gasteiger partial charge is 0.124 e. The summed E-state index contributed by atoms with van der Waals surface area (Å²) >= 11 is 0. The summed E-state index contributed by atoms with van der Waals surface area (Å²) < 4.78 is 5.57. The topological polar surface area (TPSA) is 21.3 Å². The molecule has 0 fully saturated rings. The summed E-state index contributed by atoms with van der Waals surface area (Å²) in [6.45, 7) is 4.30. The van der Waals surface area contributed by atoms with Crippen molar-refractivity contribution in [2.75, 3.05) is 14.2 Å². The van der Waals surface area contributed by atoms with Gasteiger partial charge in [-0.25, -0.2) is 0 Å². The Kier molecular flexibility index (Phi) is 5.40. The first-order chi connectivity index (χ1) is 10.2. The SMILES string of the molecule is CCCc1cccc(C(NC)c2ccc(C)cc2OC)c1. The van der Waals surface area contributed by atoms with Gasteiger partial charge in [0.25, 0.3) is 0 Å².